The molecule has 3 aromatic rings. The molecule has 9 nitrogen and oxygen atoms in total. The number of nitrogens with two attached hydrogens (primary N) is 1. The van der Waals surface area contributed by atoms with Gasteiger partial charge in [-0.3, -0.25) is 9.59 Å². The Hall–Kier alpha value is -3.49. The van der Waals surface area contributed by atoms with Crippen molar-refractivity contribution in [2.75, 3.05) is 31.1 Å². The molecule has 4 heterocycles. The van der Waals surface area contributed by atoms with E-state index in [0.29, 0.717) is 54.5 Å². The van der Waals surface area contributed by atoms with E-state index in [-0.39, 0.29) is 5.91 Å². The molecule has 3 aromatic heterocycles. The highest BCUT2D eigenvalue weighted by atomic mass is 16.5. The number of hydrogen-bond acceptors (Lipinski definition) is 7. The lowest BCUT2D eigenvalue weighted by atomic mass is 10.0. The minimum Gasteiger partial charge on any atom is -0.365 e. The molecule has 30 heavy (non-hydrogen) atoms. The van der Waals surface area contributed by atoms with Crippen molar-refractivity contribution in [3.8, 4) is 0 Å². The monoisotopic (exact) mass is 406 g/mol. The van der Waals surface area contributed by atoms with Crippen LogP contribution in [0.2, 0.25) is 0 Å². The van der Waals surface area contributed by atoms with Crippen molar-refractivity contribution in [1.82, 2.24) is 20.0 Å². The molecule has 0 radical (unpaired) electrons. The van der Waals surface area contributed by atoms with Crippen LogP contribution < -0.4 is 10.6 Å². The Bertz CT molecular complexity index is 1160. The SMILES string of the molecule is Cc1noc2nc3c(c(C(=O)N4CCN(c5ncccc5C(N)=O)CC4)c12)CCC3. The van der Waals surface area contributed by atoms with Gasteiger partial charge in [0.15, 0.2) is 0 Å². The molecule has 2 amide bonds. The van der Waals surface area contributed by atoms with Crippen LogP contribution >= 0.6 is 0 Å². The molecular weight excluding hydrogens is 384 g/mol. The highest BCUT2D eigenvalue weighted by Crippen LogP contribution is 2.33. The maximum absolute atomic E-state index is 13.6. The molecule has 0 atom stereocenters. The third kappa shape index (κ3) is 2.89. The van der Waals surface area contributed by atoms with Crippen LogP contribution in [-0.4, -0.2) is 58.0 Å². The number of fused-ring (bicyclic) bond motifs is 2. The summed E-state index contributed by atoms with van der Waals surface area (Å²) in [5, 5.41) is 4.76. The molecule has 0 spiro atoms. The summed E-state index contributed by atoms with van der Waals surface area (Å²) in [4.78, 5) is 38.1. The van der Waals surface area contributed by atoms with E-state index in [1.165, 1.54) is 0 Å². The Morgan fingerprint density at radius 3 is 2.73 bits per heavy atom. The van der Waals surface area contributed by atoms with E-state index in [1.54, 1.807) is 18.3 Å². The van der Waals surface area contributed by atoms with Crippen LogP contribution in [0.3, 0.4) is 0 Å². The summed E-state index contributed by atoms with van der Waals surface area (Å²) in [6.45, 7) is 4.03. The van der Waals surface area contributed by atoms with Crippen molar-refractivity contribution in [3.05, 3.63) is 46.4 Å². The lowest BCUT2D eigenvalue weighted by Gasteiger charge is -2.36. The second-order valence-electron chi connectivity index (χ2n) is 7.73. The standard InChI is InChI=1S/C21H22N6O3/c1-12-16-17(13-4-2-6-15(13)24-20(16)30-25-12)21(29)27-10-8-26(9-11-27)19-14(18(22)28)5-3-7-23-19/h3,5,7H,2,4,6,8-11H2,1H3,(H2,22,28). The number of anilines is 1. The Morgan fingerprint density at radius 1 is 1.17 bits per heavy atom. The summed E-state index contributed by atoms with van der Waals surface area (Å²) in [5.74, 6) is 0.0519. The number of amides is 2. The van der Waals surface area contributed by atoms with Crippen LogP contribution in [0.15, 0.2) is 22.9 Å². The van der Waals surface area contributed by atoms with Crippen molar-refractivity contribution in [2.24, 2.45) is 5.73 Å². The molecule has 5 rings (SSSR count). The highest BCUT2D eigenvalue weighted by molar-refractivity contribution is 6.07. The minimum absolute atomic E-state index is 0.0114. The fraction of sp³-hybridized carbons (Fsp3) is 0.381. The Labute approximate surface area is 172 Å². The van der Waals surface area contributed by atoms with Crippen LogP contribution in [0.1, 0.15) is 44.1 Å². The number of hydrogen-bond donors (Lipinski definition) is 1. The molecule has 2 aliphatic rings. The van der Waals surface area contributed by atoms with Gasteiger partial charge in [-0.2, -0.15) is 0 Å². The van der Waals surface area contributed by atoms with Gasteiger partial charge in [0.05, 0.1) is 22.2 Å². The first-order chi connectivity index (χ1) is 14.5. The topological polar surface area (TPSA) is 118 Å². The first-order valence-corrected chi connectivity index (χ1v) is 10.1. The van der Waals surface area contributed by atoms with Gasteiger partial charge >= 0.3 is 0 Å². The summed E-state index contributed by atoms with van der Waals surface area (Å²) in [6.07, 6.45) is 4.34. The predicted octanol–water partition coefficient (Wildman–Crippen LogP) is 1.48. The zero-order valence-electron chi connectivity index (χ0n) is 16.7. The van der Waals surface area contributed by atoms with Crippen LogP contribution in [0.25, 0.3) is 11.1 Å². The molecule has 1 aliphatic heterocycles. The van der Waals surface area contributed by atoms with Gasteiger partial charge in [0.2, 0.25) is 0 Å². The van der Waals surface area contributed by atoms with Gasteiger partial charge in [0.1, 0.15) is 5.82 Å². The van der Waals surface area contributed by atoms with Crippen molar-refractivity contribution in [3.63, 3.8) is 0 Å². The highest BCUT2D eigenvalue weighted by Gasteiger charge is 2.31. The number of carbonyl (C=O) groups is 2. The number of piperazine rings is 1. The molecule has 0 saturated carbocycles. The number of aryl methyl sites for hydroxylation is 2. The van der Waals surface area contributed by atoms with Crippen LogP contribution in [0, 0.1) is 6.92 Å². The van der Waals surface area contributed by atoms with Crippen LogP contribution in [0.4, 0.5) is 5.82 Å². The maximum Gasteiger partial charge on any atom is 0.259 e. The third-order valence-corrected chi connectivity index (χ3v) is 5.95. The Kier molecular flexibility index (Phi) is 4.38. The molecule has 2 N–H and O–H groups in total. The van der Waals surface area contributed by atoms with Crippen LogP contribution in [-0.2, 0) is 12.8 Å². The zero-order chi connectivity index (χ0) is 20.8. The van der Waals surface area contributed by atoms with Gasteiger partial charge in [-0.05, 0) is 43.9 Å². The quantitative estimate of drug-likeness (QED) is 0.700. The summed E-state index contributed by atoms with van der Waals surface area (Å²) >= 11 is 0. The zero-order valence-corrected chi connectivity index (χ0v) is 16.7. The van der Waals surface area contributed by atoms with Crippen molar-refractivity contribution in [2.45, 2.75) is 26.2 Å². The predicted molar refractivity (Wildman–Crippen MR) is 109 cm³/mol. The molecule has 1 fully saturated rings. The van der Waals surface area contributed by atoms with Crippen molar-refractivity contribution >= 4 is 28.7 Å². The van der Waals surface area contributed by atoms with E-state index in [1.807, 2.05) is 16.7 Å². The van der Waals surface area contributed by atoms with Gasteiger partial charge in [-0.1, -0.05) is 5.16 Å². The molecule has 0 bridgehead atoms. The van der Waals surface area contributed by atoms with E-state index in [9.17, 15) is 9.59 Å². The van der Waals surface area contributed by atoms with Gasteiger partial charge in [0, 0.05) is 38.1 Å². The average molecular weight is 406 g/mol. The number of nitrogens with zero attached hydrogens (tertiary/aromatic N) is 5. The average Bonchev–Trinajstić information content (AvgIpc) is 3.38. The molecule has 1 aliphatic carbocycles. The lowest BCUT2D eigenvalue weighted by molar-refractivity contribution is 0.0746. The summed E-state index contributed by atoms with van der Waals surface area (Å²) < 4.78 is 5.37. The normalized spacial score (nSPS) is 16.2. The van der Waals surface area contributed by atoms with Gasteiger partial charge in [-0.15, -0.1) is 0 Å². The first kappa shape index (κ1) is 18.5. The lowest BCUT2D eigenvalue weighted by Crippen LogP contribution is -2.49. The van der Waals surface area contributed by atoms with E-state index in [2.05, 4.69) is 15.1 Å². The third-order valence-electron chi connectivity index (χ3n) is 5.95. The number of rotatable bonds is 3. The summed E-state index contributed by atoms with van der Waals surface area (Å²) in [5.41, 5.74) is 9.68. The smallest absolute Gasteiger partial charge is 0.259 e. The summed E-state index contributed by atoms with van der Waals surface area (Å²) in [7, 11) is 0. The molecule has 9 heteroatoms. The largest absolute Gasteiger partial charge is 0.365 e. The number of pyridine rings is 2. The fourth-order valence-corrected chi connectivity index (χ4v) is 4.47. The number of primary amides is 1. The second kappa shape index (κ2) is 7.08. The van der Waals surface area contributed by atoms with Gasteiger partial charge in [-0.25, -0.2) is 9.97 Å². The number of aromatic nitrogens is 3. The van der Waals surface area contributed by atoms with Crippen molar-refractivity contribution < 1.29 is 14.1 Å². The van der Waals surface area contributed by atoms with E-state index in [4.69, 9.17) is 10.3 Å². The Balaban J connectivity index is 1.43. The molecule has 1 saturated heterocycles. The van der Waals surface area contributed by atoms with Gasteiger partial charge in [0.25, 0.3) is 17.5 Å². The molecule has 154 valence electrons. The fourth-order valence-electron chi connectivity index (χ4n) is 4.47. The summed E-state index contributed by atoms with van der Waals surface area (Å²) in [6, 6.07) is 3.37. The minimum atomic E-state index is -0.505. The van der Waals surface area contributed by atoms with E-state index < -0.39 is 5.91 Å². The van der Waals surface area contributed by atoms with Crippen LogP contribution in [0.5, 0.6) is 0 Å². The van der Waals surface area contributed by atoms with E-state index >= 15 is 0 Å². The maximum atomic E-state index is 13.6. The molecule has 0 unspecified atom stereocenters. The first-order valence-electron chi connectivity index (χ1n) is 10.1. The molecule has 0 aromatic carbocycles. The van der Waals surface area contributed by atoms with Crippen molar-refractivity contribution in [1.29, 1.82) is 0 Å². The van der Waals surface area contributed by atoms with E-state index in [0.717, 1.165) is 35.9 Å². The number of carbonyl (C=O) groups excluding carboxylic acids is 2. The Morgan fingerprint density at radius 2 is 1.97 bits per heavy atom. The molecular formula is C21H22N6O3. The van der Waals surface area contributed by atoms with Gasteiger partial charge < -0.3 is 20.1 Å². The second-order valence-corrected chi connectivity index (χ2v) is 7.73.